The zero-order valence-corrected chi connectivity index (χ0v) is 16.1. The molecule has 0 radical (unpaired) electrons. The van der Waals surface area contributed by atoms with E-state index in [0.29, 0.717) is 22.8 Å². The van der Waals surface area contributed by atoms with Crippen molar-refractivity contribution in [3.63, 3.8) is 0 Å². The normalized spacial score (nSPS) is 10.7. The molecule has 6 heteroatoms. The van der Waals surface area contributed by atoms with Gasteiger partial charge in [0.1, 0.15) is 0 Å². The highest BCUT2D eigenvalue weighted by molar-refractivity contribution is 6.31. The summed E-state index contributed by atoms with van der Waals surface area (Å²) in [7, 11) is 0. The molecule has 0 saturated heterocycles. The molecule has 0 bridgehead atoms. The Kier molecular flexibility index (Phi) is 7.18. The number of carbonyl (C=O) groups excluding carboxylic acids is 2. The Hall–Kier alpha value is -2.37. The molecule has 138 valence electrons. The van der Waals surface area contributed by atoms with Crippen LogP contribution in [0.15, 0.2) is 42.5 Å². The van der Waals surface area contributed by atoms with E-state index in [1.807, 2.05) is 31.7 Å². The number of nitrogens with zero attached hydrogens (tertiary/aromatic N) is 1. The number of nitrogens with one attached hydrogen (secondary N) is 2. The fraction of sp³-hybridized carbons (Fsp3) is 0.300. The van der Waals surface area contributed by atoms with Gasteiger partial charge in [0.05, 0.1) is 6.54 Å². The van der Waals surface area contributed by atoms with E-state index in [0.717, 1.165) is 24.3 Å². The van der Waals surface area contributed by atoms with Gasteiger partial charge < -0.3 is 10.6 Å². The zero-order chi connectivity index (χ0) is 19.1. The van der Waals surface area contributed by atoms with Crippen LogP contribution in [0.25, 0.3) is 0 Å². The molecule has 0 heterocycles. The first kappa shape index (κ1) is 19.9. The van der Waals surface area contributed by atoms with Crippen molar-refractivity contribution in [1.29, 1.82) is 0 Å². The zero-order valence-electron chi connectivity index (χ0n) is 15.3. The molecule has 2 aromatic carbocycles. The maximum atomic E-state index is 12.3. The number of halogens is 1. The molecule has 0 saturated carbocycles. The third kappa shape index (κ3) is 5.58. The fourth-order valence-electron chi connectivity index (χ4n) is 2.55. The lowest BCUT2D eigenvalue weighted by molar-refractivity contribution is -0.117. The van der Waals surface area contributed by atoms with E-state index >= 15 is 0 Å². The van der Waals surface area contributed by atoms with Gasteiger partial charge in [-0.1, -0.05) is 31.5 Å². The van der Waals surface area contributed by atoms with Gasteiger partial charge in [0, 0.05) is 22.0 Å². The minimum Gasteiger partial charge on any atom is -0.325 e. The van der Waals surface area contributed by atoms with Crippen LogP contribution >= 0.6 is 11.6 Å². The maximum absolute atomic E-state index is 12.3. The van der Waals surface area contributed by atoms with E-state index in [2.05, 4.69) is 10.6 Å². The van der Waals surface area contributed by atoms with Crippen molar-refractivity contribution >= 4 is 34.8 Å². The second kappa shape index (κ2) is 9.36. The first-order valence-corrected chi connectivity index (χ1v) is 9.00. The smallest absolute Gasteiger partial charge is 0.255 e. The van der Waals surface area contributed by atoms with Gasteiger partial charge in [0.15, 0.2) is 0 Å². The molecule has 0 aliphatic rings. The minimum absolute atomic E-state index is 0.0486. The monoisotopic (exact) mass is 373 g/mol. The quantitative estimate of drug-likeness (QED) is 0.765. The van der Waals surface area contributed by atoms with E-state index in [-0.39, 0.29) is 11.8 Å². The molecule has 0 aromatic heterocycles. The average molecular weight is 374 g/mol. The van der Waals surface area contributed by atoms with Crippen molar-refractivity contribution in [1.82, 2.24) is 4.90 Å². The lowest BCUT2D eigenvalue weighted by atomic mass is 10.1. The molecule has 0 aliphatic carbocycles. The average Bonchev–Trinajstić information content (AvgIpc) is 2.62. The van der Waals surface area contributed by atoms with Crippen molar-refractivity contribution in [2.24, 2.45) is 0 Å². The number of carbonyl (C=O) groups is 2. The molecule has 5 nitrogen and oxygen atoms in total. The number of benzene rings is 2. The predicted octanol–water partition coefficient (Wildman–Crippen LogP) is 4.18. The largest absolute Gasteiger partial charge is 0.325 e. The highest BCUT2D eigenvalue weighted by atomic mass is 35.5. The van der Waals surface area contributed by atoms with Crippen molar-refractivity contribution in [3.05, 3.63) is 58.6 Å². The number of amides is 2. The third-order valence-corrected chi connectivity index (χ3v) is 4.34. The Morgan fingerprint density at radius 3 is 2.38 bits per heavy atom. The standard InChI is InChI=1S/C20H24ClN3O2/c1-4-24(5-2)13-19(25)23-18-10-9-17(11-14(18)3)22-20(26)15-7-6-8-16(21)12-15/h6-12H,4-5,13H2,1-3H3,(H,22,26)(H,23,25). The SMILES string of the molecule is CCN(CC)CC(=O)Nc1ccc(NC(=O)c2cccc(Cl)c2)cc1C. The van der Waals surface area contributed by atoms with Gasteiger partial charge in [0.2, 0.25) is 5.91 Å². The molecule has 2 aromatic rings. The van der Waals surface area contributed by atoms with Gasteiger partial charge in [-0.25, -0.2) is 0 Å². The number of aryl methyl sites for hydroxylation is 1. The molecule has 2 amide bonds. The molecule has 0 atom stereocenters. The topological polar surface area (TPSA) is 61.4 Å². The van der Waals surface area contributed by atoms with Crippen LogP contribution in [-0.4, -0.2) is 36.3 Å². The van der Waals surface area contributed by atoms with Gasteiger partial charge in [-0.3, -0.25) is 14.5 Å². The first-order valence-electron chi connectivity index (χ1n) is 8.62. The number of anilines is 2. The predicted molar refractivity (Wildman–Crippen MR) is 107 cm³/mol. The van der Waals surface area contributed by atoms with Crippen LogP contribution in [0, 0.1) is 6.92 Å². The second-order valence-electron chi connectivity index (χ2n) is 6.00. The Balaban J connectivity index is 2.02. The summed E-state index contributed by atoms with van der Waals surface area (Å²) < 4.78 is 0. The summed E-state index contributed by atoms with van der Waals surface area (Å²) in [5.74, 6) is -0.280. The third-order valence-electron chi connectivity index (χ3n) is 4.11. The summed E-state index contributed by atoms with van der Waals surface area (Å²) in [6.45, 7) is 7.97. The van der Waals surface area contributed by atoms with Crippen molar-refractivity contribution in [2.75, 3.05) is 30.3 Å². The Morgan fingerprint density at radius 1 is 1.04 bits per heavy atom. The Morgan fingerprint density at radius 2 is 1.77 bits per heavy atom. The number of hydrogen-bond donors (Lipinski definition) is 2. The molecule has 0 spiro atoms. The van der Waals surface area contributed by atoms with Gasteiger partial charge in [0.25, 0.3) is 5.91 Å². The van der Waals surface area contributed by atoms with Crippen molar-refractivity contribution < 1.29 is 9.59 Å². The molecular weight excluding hydrogens is 350 g/mol. The highest BCUT2D eigenvalue weighted by Gasteiger charge is 2.11. The van der Waals surface area contributed by atoms with Gasteiger partial charge in [-0.15, -0.1) is 0 Å². The lowest BCUT2D eigenvalue weighted by Gasteiger charge is -2.18. The number of hydrogen-bond acceptors (Lipinski definition) is 3. The molecule has 2 N–H and O–H groups in total. The van der Waals surface area contributed by atoms with Crippen molar-refractivity contribution in [2.45, 2.75) is 20.8 Å². The Labute approximate surface area is 159 Å². The maximum Gasteiger partial charge on any atom is 0.255 e. The second-order valence-corrected chi connectivity index (χ2v) is 6.44. The van der Waals surface area contributed by atoms with Crippen LogP contribution in [-0.2, 0) is 4.79 Å². The van der Waals surface area contributed by atoms with Crippen LogP contribution in [0.3, 0.4) is 0 Å². The molecule has 0 aliphatic heterocycles. The van der Waals surface area contributed by atoms with E-state index < -0.39 is 0 Å². The number of likely N-dealkylation sites (N-methyl/N-ethyl adjacent to an activating group) is 1. The van der Waals surface area contributed by atoms with Gasteiger partial charge in [-0.2, -0.15) is 0 Å². The molecule has 2 rings (SSSR count). The molecule has 0 fully saturated rings. The van der Waals surface area contributed by atoms with Crippen LogP contribution < -0.4 is 10.6 Å². The van der Waals surface area contributed by atoms with Gasteiger partial charge >= 0.3 is 0 Å². The van der Waals surface area contributed by atoms with Crippen LogP contribution in [0.4, 0.5) is 11.4 Å². The molecule has 0 unspecified atom stereocenters. The first-order chi connectivity index (χ1) is 12.4. The van der Waals surface area contributed by atoms with Gasteiger partial charge in [-0.05, 0) is 62.0 Å². The van der Waals surface area contributed by atoms with Crippen molar-refractivity contribution in [3.8, 4) is 0 Å². The number of rotatable bonds is 7. The minimum atomic E-state index is -0.231. The van der Waals surface area contributed by atoms with E-state index in [1.54, 1.807) is 36.4 Å². The van der Waals surface area contributed by atoms with Crippen LogP contribution in [0.5, 0.6) is 0 Å². The molecular formula is C20H24ClN3O2. The lowest BCUT2D eigenvalue weighted by Crippen LogP contribution is -2.33. The summed E-state index contributed by atoms with van der Waals surface area (Å²) in [6.07, 6.45) is 0. The highest BCUT2D eigenvalue weighted by Crippen LogP contribution is 2.21. The summed E-state index contributed by atoms with van der Waals surface area (Å²) >= 11 is 5.92. The van der Waals surface area contributed by atoms with E-state index in [9.17, 15) is 9.59 Å². The fourth-order valence-corrected chi connectivity index (χ4v) is 2.74. The van der Waals surface area contributed by atoms with Crippen LogP contribution in [0.1, 0.15) is 29.8 Å². The summed E-state index contributed by atoms with van der Waals surface area (Å²) in [6, 6.07) is 12.2. The van der Waals surface area contributed by atoms with Crippen LogP contribution in [0.2, 0.25) is 5.02 Å². The van der Waals surface area contributed by atoms with E-state index in [1.165, 1.54) is 0 Å². The summed E-state index contributed by atoms with van der Waals surface area (Å²) in [5.41, 5.74) is 2.77. The van der Waals surface area contributed by atoms with E-state index in [4.69, 9.17) is 11.6 Å². The summed E-state index contributed by atoms with van der Waals surface area (Å²) in [4.78, 5) is 26.5. The molecule has 26 heavy (non-hydrogen) atoms. The summed E-state index contributed by atoms with van der Waals surface area (Å²) in [5, 5.41) is 6.27. The Bertz CT molecular complexity index is 788.